The van der Waals surface area contributed by atoms with Crippen LogP contribution in [-0.2, 0) is 17.6 Å². The zero-order chi connectivity index (χ0) is 24.0. The van der Waals surface area contributed by atoms with Gasteiger partial charge in [0, 0.05) is 55.4 Å². The van der Waals surface area contributed by atoms with Crippen molar-refractivity contribution in [2.75, 3.05) is 37.4 Å². The Morgan fingerprint density at radius 1 is 1.32 bits per heavy atom. The van der Waals surface area contributed by atoms with E-state index in [1.807, 2.05) is 24.0 Å². The number of nitrogens with zero attached hydrogens (tertiary/aromatic N) is 3. The van der Waals surface area contributed by atoms with Crippen LogP contribution in [0.4, 0.5) is 15.9 Å². The number of carbonyl (C=O) groups is 1. The number of nitrogen functional groups attached to an aromatic ring is 1. The topological polar surface area (TPSA) is 107 Å². The average Bonchev–Trinajstić information content (AvgIpc) is 3.32. The Bertz CT molecular complexity index is 1250. The molecule has 0 bridgehead atoms. The number of carbonyl (C=O) groups excluding carboxylic acids is 1. The van der Waals surface area contributed by atoms with Crippen LogP contribution < -0.4 is 16.4 Å². The smallest absolute Gasteiger partial charge is 0.175 e. The Balaban J connectivity index is 1.30. The van der Waals surface area contributed by atoms with E-state index in [-0.39, 0.29) is 29.5 Å². The molecule has 1 saturated heterocycles. The fourth-order valence-corrected chi connectivity index (χ4v) is 6.30. The number of aryl methyl sites for hydroxylation is 2. The molecule has 3 aromatic heterocycles. The molecule has 1 aliphatic heterocycles. The number of Topliss-reactive ketones (excluding diaryl/α,β-unsaturated/α-hetero) is 1. The molecule has 0 aromatic carbocycles. The van der Waals surface area contributed by atoms with E-state index in [0.29, 0.717) is 48.9 Å². The quantitative estimate of drug-likeness (QED) is 0.517. The first-order valence-corrected chi connectivity index (χ1v) is 12.5. The van der Waals surface area contributed by atoms with Crippen LogP contribution in [0.15, 0.2) is 18.2 Å². The summed E-state index contributed by atoms with van der Waals surface area (Å²) in [5.41, 5.74) is 15.7. The molecule has 180 valence electrons. The van der Waals surface area contributed by atoms with Crippen molar-refractivity contribution in [2.24, 2.45) is 17.6 Å². The maximum absolute atomic E-state index is 15.1. The molecule has 0 spiro atoms. The fourth-order valence-electron chi connectivity index (χ4n) is 5.21. The van der Waals surface area contributed by atoms with E-state index >= 15 is 4.39 Å². The number of halogens is 1. The zero-order valence-corrected chi connectivity index (χ0v) is 20.3. The van der Waals surface area contributed by atoms with E-state index in [1.165, 1.54) is 11.3 Å². The summed E-state index contributed by atoms with van der Waals surface area (Å²) < 4.78 is 20.3. The Morgan fingerprint density at radius 3 is 2.94 bits per heavy atom. The summed E-state index contributed by atoms with van der Waals surface area (Å²) in [6, 6.07) is 5.37. The third kappa shape index (κ3) is 4.28. The highest BCUT2D eigenvalue weighted by Gasteiger charge is 2.33. The van der Waals surface area contributed by atoms with Gasteiger partial charge in [0.25, 0.3) is 0 Å². The third-order valence-electron chi connectivity index (χ3n) is 7.06. The summed E-state index contributed by atoms with van der Waals surface area (Å²) in [7, 11) is 1.65. The van der Waals surface area contributed by atoms with Crippen LogP contribution in [0.3, 0.4) is 0 Å². The predicted molar refractivity (Wildman–Crippen MR) is 133 cm³/mol. The van der Waals surface area contributed by atoms with E-state index < -0.39 is 0 Å². The van der Waals surface area contributed by atoms with Gasteiger partial charge in [0.1, 0.15) is 4.83 Å². The van der Waals surface area contributed by atoms with Crippen molar-refractivity contribution >= 4 is 38.8 Å². The first-order valence-electron chi connectivity index (χ1n) is 11.7. The average molecular weight is 484 g/mol. The fraction of sp³-hybridized carbons (Fsp3) is 0.480. The summed E-state index contributed by atoms with van der Waals surface area (Å²) in [4.78, 5) is 25.6. The van der Waals surface area contributed by atoms with Gasteiger partial charge in [0.05, 0.1) is 17.2 Å². The van der Waals surface area contributed by atoms with Gasteiger partial charge < -0.3 is 21.1 Å². The molecule has 3 aromatic rings. The number of thiophene rings is 1. The first-order chi connectivity index (χ1) is 16.3. The van der Waals surface area contributed by atoms with Gasteiger partial charge in [0.2, 0.25) is 0 Å². The van der Waals surface area contributed by atoms with E-state index in [2.05, 4.69) is 4.98 Å². The lowest BCUT2D eigenvalue weighted by molar-refractivity contribution is 0.0962. The van der Waals surface area contributed by atoms with E-state index in [1.54, 1.807) is 13.2 Å². The largest absolute Gasteiger partial charge is 0.397 e. The summed E-state index contributed by atoms with van der Waals surface area (Å²) in [6.07, 6.45) is 2.59. The Labute approximate surface area is 202 Å². The second-order valence-corrected chi connectivity index (χ2v) is 10.6. The van der Waals surface area contributed by atoms with Gasteiger partial charge in [0.15, 0.2) is 17.4 Å². The van der Waals surface area contributed by atoms with Crippen LogP contribution >= 0.6 is 11.3 Å². The van der Waals surface area contributed by atoms with Crippen LogP contribution in [0.5, 0.6) is 0 Å². The lowest BCUT2D eigenvalue weighted by Crippen LogP contribution is -2.32. The maximum atomic E-state index is 15.1. The molecular formula is C25H30FN5O2S. The molecule has 0 radical (unpaired) electrons. The minimum Gasteiger partial charge on any atom is -0.397 e. The van der Waals surface area contributed by atoms with Crippen molar-refractivity contribution < 1.29 is 13.9 Å². The van der Waals surface area contributed by atoms with Gasteiger partial charge in [-0.25, -0.2) is 14.4 Å². The molecule has 0 saturated carbocycles. The van der Waals surface area contributed by atoms with Crippen LogP contribution in [0, 0.1) is 24.6 Å². The van der Waals surface area contributed by atoms with E-state index in [9.17, 15) is 4.79 Å². The molecule has 3 atom stereocenters. The summed E-state index contributed by atoms with van der Waals surface area (Å²) in [5, 5.41) is 0.834. The van der Waals surface area contributed by atoms with Gasteiger partial charge in [-0.15, -0.1) is 11.3 Å². The van der Waals surface area contributed by atoms with Gasteiger partial charge >= 0.3 is 0 Å². The van der Waals surface area contributed by atoms with Gasteiger partial charge in [-0.05, 0) is 55.9 Å². The lowest BCUT2D eigenvalue weighted by atomic mass is 9.83. The number of pyridine rings is 2. The number of ketones is 1. The number of methoxy groups -OCH3 is 1. The second kappa shape index (κ2) is 9.20. The molecule has 5 rings (SSSR count). The summed E-state index contributed by atoms with van der Waals surface area (Å²) >= 11 is 1.36. The Kier molecular flexibility index (Phi) is 6.26. The molecule has 4 heterocycles. The van der Waals surface area contributed by atoms with Crippen LogP contribution in [0.2, 0.25) is 0 Å². The van der Waals surface area contributed by atoms with Crippen molar-refractivity contribution in [3.63, 3.8) is 0 Å². The number of fused-ring (bicyclic) bond motifs is 2. The normalized spacial score (nSPS) is 22.4. The number of anilines is 2. The van der Waals surface area contributed by atoms with E-state index in [0.717, 1.165) is 40.0 Å². The van der Waals surface area contributed by atoms with Crippen LogP contribution in [0.25, 0.3) is 10.2 Å². The van der Waals surface area contributed by atoms with Crippen molar-refractivity contribution in [1.29, 1.82) is 0 Å². The lowest BCUT2D eigenvalue weighted by Gasteiger charge is -2.26. The number of rotatable bonds is 6. The monoisotopic (exact) mass is 483 g/mol. The molecule has 34 heavy (non-hydrogen) atoms. The van der Waals surface area contributed by atoms with Crippen LogP contribution in [-0.4, -0.2) is 48.6 Å². The molecular weight excluding hydrogens is 453 g/mol. The molecule has 7 nitrogen and oxygen atoms in total. The minimum atomic E-state index is -0.328. The number of ether oxygens (including phenoxy) is 1. The van der Waals surface area contributed by atoms with Crippen LogP contribution in [0.1, 0.15) is 39.5 Å². The van der Waals surface area contributed by atoms with Gasteiger partial charge in [-0.1, -0.05) is 0 Å². The van der Waals surface area contributed by atoms with Gasteiger partial charge in [-0.3, -0.25) is 4.79 Å². The van der Waals surface area contributed by atoms with Gasteiger partial charge in [-0.2, -0.15) is 0 Å². The highest BCUT2D eigenvalue weighted by molar-refractivity contribution is 7.21. The molecule has 1 aliphatic carbocycles. The van der Waals surface area contributed by atoms with E-state index in [4.69, 9.17) is 21.2 Å². The molecule has 2 aliphatic rings. The number of hydrogen-bond acceptors (Lipinski definition) is 8. The molecule has 0 amide bonds. The molecule has 9 heteroatoms. The van der Waals surface area contributed by atoms with Crippen molar-refractivity contribution in [2.45, 2.75) is 38.6 Å². The molecule has 1 fully saturated rings. The predicted octanol–water partition coefficient (Wildman–Crippen LogP) is 3.51. The SMILES string of the molecule is COC[C@H]1CN(c2nc3c(cc2F)C[C@@H](CC(=O)c2sc4nc(C)ccc4c2N)CC3)C[C@H]1N. The second-order valence-electron chi connectivity index (χ2n) is 9.57. The standard InChI is InChI=1S/C25H30FN5O2S/c1-13-3-5-17-22(28)23(34-25(17)29-13)21(32)8-14-4-6-20-15(7-14)9-18(26)24(30-20)31-10-16(12-33-2)19(27)11-31/h3,5,9,14,16,19H,4,6-8,10-12,27-28H2,1-2H3/t14-,16+,19+/m0/s1. The van der Waals surface area contributed by atoms with Crippen molar-refractivity contribution in [3.05, 3.63) is 45.8 Å². The Hall–Kier alpha value is -2.62. The summed E-state index contributed by atoms with van der Waals surface area (Å²) in [5.74, 6) is 0.386. The van der Waals surface area contributed by atoms with Crippen molar-refractivity contribution in [3.8, 4) is 0 Å². The molecule has 4 N–H and O–H groups in total. The van der Waals surface area contributed by atoms with Crippen molar-refractivity contribution in [1.82, 2.24) is 9.97 Å². The molecule has 0 unspecified atom stereocenters. The highest BCUT2D eigenvalue weighted by Crippen LogP contribution is 2.36. The minimum absolute atomic E-state index is 0.0342. The maximum Gasteiger partial charge on any atom is 0.175 e. The number of nitrogens with two attached hydrogens (primary N) is 2. The Morgan fingerprint density at radius 2 is 2.15 bits per heavy atom. The third-order valence-corrected chi connectivity index (χ3v) is 8.21. The number of aromatic nitrogens is 2. The highest BCUT2D eigenvalue weighted by atomic mass is 32.1. The first kappa shape index (κ1) is 23.1. The number of hydrogen-bond donors (Lipinski definition) is 2. The zero-order valence-electron chi connectivity index (χ0n) is 19.5. The summed E-state index contributed by atoms with van der Waals surface area (Å²) in [6.45, 7) is 3.68.